The third-order valence-corrected chi connectivity index (χ3v) is 7.40. The molecule has 0 radical (unpaired) electrons. The number of amides is 2. The minimum Gasteiger partial charge on any atom is -0.482 e. The summed E-state index contributed by atoms with van der Waals surface area (Å²) in [4.78, 5) is 25.7. The molecule has 1 saturated heterocycles. The number of carbonyl (C=O) groups excluding carboxylic acids is 2. The lowest BCUT2D eigenvalue weighted by Crippen LogP contribution is -2.48. The fourth-order valence-electron chi connectivity index (χ4n) is 3.57. The van der Waals surface area contributed by atoms with E-state index in [2.05, 4.69) is 5.32 Å². The van der Waals surface area contributed by atoms with Crippen LogP contribution in [-0.4, -0.2) is 62.2 Å². The highest BCUT2D eigenvalue weighted by molar-refractivity contribution is 7.89. The van der Waals surface area contributed by atoms with Gasteiger partial charge in [0.1, 0.15) is 10.6 Å². The summed E-state index contributed by atoms with van der Waals surface area (Å²) < 4.78 is 32.3. The number of piperidine rings is 1. The lowest BCUT2D eigenvalue weighted by molar-refractivity contribution is -0.135. The van der Waals surface area contributed by atoms with Crippen LogP contribution in [0.3, 0.4) is 0 Å². The molecule has 1 aromatic rings. The van der Waals surface area contributed by atoms with E-state index in [1.807, 2.05) is 6.92 Å². The van der Waals surface area contributed by atoms with Crippen molar-refractivity contribution in [1.82, 2.24) is 9.21 Å². The maximum atomic E-state index is 13.0. The molecule has 154 valence electrons. The fraction of sp³-hybridized carbons (Fsp3) is 0.556. The molecule has 2 aliphatic rings. The molecule has 2 aliphatic heterocycles. The third-order valence-electron chi connectivity index (χ3n) is 5.13. The van der Waals surface area contributed by atoms with E-state index in [-0.39, 0.29) is 46.7 Å². The highest BCUT2D eigenvalue weighted by Gasteiger charge is 2.32. The van der Waals surface area contributed by atoms with Crippen LogP contribution in [0.25, 0.3) is 0 Å². The van der Waals surface area contributed by atoms with E-state index in [1.165, 1.54) is 19.2 Å². The summed E-state index contributed by atoms with van der Waals surface area (Å²) in [5.74, 6) is -0.325. The van der Waals surface area contributed by atoms with Crippen LogP contribution >= 0.6 is 11.6 Å². The van der Waals surface area contributed by atoms with E-state index in [4.69, 9.17) is 16.3 Å². The molecular formula is C18H24ClN3O5S. The van der Waals surface area contributed by atoms with Crippen LogP contribution in [0.4, 0.5) is 5.69 Å². The second kappa shape index (κ2) is 8.26. The summed E-state index contributed by atoms with van der Waals surface area (Å²) in [6.07, 6.45) is 3.80. The second-order valence-corrected chi connectivity index (χ2v) is 9.44. The maximum Gasteiger partial charge on any atom is 0.262 e. The van der Waals surface area contributed by atoms with Crippen molar-refractivity contribution in [3.8, 4) is 5.75 Å². The number of ether oxygens (including phenoxy) is 1. The van der Waals surface area contributed by atoms with Gasteiger partial charge in [-0.25, -0.2) is 8.42 Å². The zero-order valence-electron chi connectivity index (χ0n) is 15.9. The van der Waals surface area contributed by atoms with Crippen LogP contribution < -0.4 is 10.1 Å². The minimum atomic E-state index is -4.01. The fourth-order valence-corrected chi connectivity index (χ4v) is 5.20. The number of fused-ring (bicyclic) bond motifs is 1. The van der Waals surface area contributed by atoms with Gasteiger partial charge in [0.2, 0.25) is 15.9 Å². The number of likely N-dealkylation sites (N-methyl/N-ethyl adjacent to an activating group) is 1. The van der Waals surface area contributed by atoms with E-state index in [1.54, 1.807) is 4.90 Å². The Balaban J connectivity index is 1.80. The summed E-state index contributed by atoms with van der Waals surface area (Å²) in [7, 11) is -2.66. The average Bonchev–Trinajstić information content (AvgIpc) is 2.66. The number of hydrogen-bond acceptors (Lipinski definition) is 5. The van der Waals surface area contributed by atoms with Crippen molar-refractivity contribution in [2.45, 2.75) is 43.5 Å². The summed E-state index contributed by atoms with van der Waals surface area (Å²) in [5, 5.41) is 2.53. The van der Waals surface area contributed by atoms with Crippen molar-refractivity contribution in [2.24, 2.45) is 0 Å². The van der Waals surface area contributed by atoms with Gasteiger partial charge in [-0.1, -0.05) is 18.5 Å². The molecule has 0 aromatic heterocycles. The van der Waals surface area contributed by atoms with Gasteiger partial charge in [-0.3, -0.25) is 9.59 Å². The molecule has 0 saturated carbocycles. The molecule has 1 N–H and O–H groups in total. The quantitative estimate of drug-likeness (QED) is 0.773. The number of nitrogens with one attached hydrogen (secondary N) is 1. The highest BCUT2D eigenvalue weighted by atomic mass is 35.5. The topological polar surface area (TPSA) is 96.0 Å². The van der Waals surface area contributed by atoms with Crippen LogP contribution in [-0.2, 0) is 19.6 Å². The third kappa shape index (κ3) is 4.11. The molecular weight excluding hydrogens is 406 g/mol. The molecule has 0 spiro atoms. The summed E-state index contributed by atoms with van der Waals surface area (Å²) in [6.45, 7) is 2.22. The normalized spacial score (nSPS) is 19.8. The minimum absolute atomic E-state index is 0.0479. The molecule has 28 heavy (non-hydrogen) atoms. The Bertz CT molecular complexity index is 889. The zero-order chi connectivity index (χ0) is 20.5. The molecule has 0 bridgehead atoms. The molecule has 2 amide bonds. The van der Waals surface area contributed by atoms with Crippen molar-refractivity contribution in [1.29, 1.82) is 0 Å². The van der Waals surface area contributed by atoms with Crippen LogP contribution in [0, 0.1) is 0 Å². The Morgan fingerprint density at radius 3 is 2.86 bits per heavy atom. The standard InChI is InChI=1S/C18H24ClN3O5S/c1-3-12-6-4-5-7-22(12)18(24)10-21(2)28(25,26)16-9-15-14(8-13(16)19)20-17(23)11-27-15/h8-9,12H,3-7,10-11H2,1-2H3,(H,20,23)/t12-/m0/s1. The van der Waals surface area contributed by atoms with Crippen LogP contribution in [0.1, 0.15) is 32.6 Å². The van der Waals surface area contributed by atoms with Gasteiger partial charge in [-0.05, 0) is 31.7 Å². The van der Waals surface area contributed by atoms with E-state index in [0.29, 0.717) is 12.2 Å². The Morgan fingerprint density at radius 1 is 1.39 bits per heavy atom. The summed E-state index contributed by atoms with van der Waals surface area (Å²) in [6, 6.07) is 2.78. The predicted molar refractivity (Wildman–Crippen MR) is 105 cm³/mol. The molecule has 10 heteroatoms. The first kappa shape index (κ1) is 20.9. The molecule has 1 aromatic carbocycles. The number of sulfonamides is 1. The van der Waals surface area contributed by atoms with Gasteiger partial charge in [0.15, 0.2) is 6.61 Å². The number of hydrogen-bond donors (Lipinski definition) is 1. The Hall–Kier alpha value is -1.84. The lowest BCUT2D eigenvalue weighted by atomic mass is 10.00. The highest BCUT2D eigenvalue weighted by Crippen LogP contribution is 2.36. The number of likely N-dealkylation sites (tertiary alicyclic amines) is 1. The molecule has 0 unspecified atom stereocenters. The second-order valence-electron chi connectivity index (χ2n) is 7.02. The number of carbonyl (C=O) groups is 2. The van der Waals surface area contributed by atoms with E-state index in [9.17, 15) is 18.0 Å². The summed E-state index contributed by atoms with van der Waals surface area (Å²) in [5.41, 5.74) is 0.318. The summed E-state index contributed by atoms with van der Waals surface area (Å²) >= 11 is 6.16. The van der Waals surface area contributed by atoms with Gasteiger partial charge < -0.3 is 15.0 Å². The van der Waals surface area contributed by atoms with Gasteiger partial charge in [-0.15, -0.1) is 0 Å². The van der Waals surface area contributed by atoms with Crippen molar-refractivity contribution in [2.75, 3.05) is 32.1 Å². The Morgan fingerprint density at radius 2 is 2.14 bits per heavy atom. The van der Waals surface area contributed by atoms with Crippen LogP contribution in [0.15, 0.2) is 17.0 Å². The molecule has 2 heterocycles. The van der Waals surface area contributed by atoms with Crippen LogP contribution in [0.5, 0.6) is 5.75 Å². The van der Waals surface area contributed by atoms with Gasteiger partial charge >= 0.3 is 0 Å². The number of rotatable bonds is 5. The van der Waals surface area contributed by atoms with E-state index in [0.717, 1.165) is 30.0 Å². The predicted octanol–water partition coefficient (Wildman–Crippen LogP) is 2.08. The van der Waals surface area contributed by atoms with E-state index < -0.39 is 10.0 Å². The van der Waals surface area contributed by atoms with Gasteiger partial charge in [0, 0.05) is 25.7 Å². The Kier molecular flexibility index (Phi) is 6.16. The average molecular weight is 430 g/mol. The van der Waals surface area contributed by atoms with Crippen molar-refractivity contribution in [3.63, 3.8) is 0 Å². The molecule has 1 atom stereocenters. The first-order chi connectivity index (χ1) is 13.2. The number of anilines is 1. The van der Waals surface area contributed by atoms with Crippen LogP contribution in [0.2, 0.25) is 5.02 Å². The molecule has 3 rings (SSSR count). The number of halogens is 1. The lowest BCUT2D eigenvalue weighted by Gasteiger charge is -2.36. The Labute approximate surface area is 169 Å². The smallest absolute Gasteiger partial charge is 0.262 e. The molecule has 1 fully saturated rings. The largest absolute Gasteiger partial charge is 0.482 e. The zero-order valence-corrected chi connectivity index (χ0v) is 17.5. The SMILES string of the molecule is CC[C@H]1CCCCN1C(=O)CN(C)S(=O)(=O)c1cc2c(cc1Cl)NC(=O)CO2. The van der Waals surface area contributed by atoms with Gasteiger partial charge in [0.25, 0.3) is 5.91 Å². The first-order valence-corrected chi connectivity index (χ1v) is 11.1. The molecule has 0 aliphatic carbocycles. The monoisotopic (exact) mass is 429 g/mol. The maximum absolute atomic E-state index is 13.0. The van der Waals surface area contributed by atoms with E-state index >= 15 is 0 Å². The van der Waals surface area contributed by atoms with Gasteiger partial charge in [-0.2, -0.15) is 4.31 Å². The van der Waals surface area contributed by atoms with Crippen molar-refractivity contribution < 1.29 is 22.7 Å². The van der Waals surface area contributed by atoms with Gasteiger partial charge in [0.05, 0.1) is 17.3 Å². The van der Waals surface area contributed by atoms with Crippen molar-refractivity contribution >= 4 is 39.1 Å². The number of benzene rings is 1. The molecule has 8 nitrogen and oxygen atoms in total. The number of nitrogens with zero attached hydrogens (tertiary/aromatic N) is 2. The first-order valence-electron chi connectivity index (χ1n) is 9.26. The van der Waals surface area contributed by atoms with Crippen molar-refractivity contribution in [3.05, 3.63) is 17.2 Å².